The quantitative estimate of drug-likeness (QED) is 0.666. The molecule has 0 aliphatic heterocycles. The molecule has 29 heavy (non-hydrogen) atoms. The Bertz CT molecular complexity index is 886. The summed E-state index contributed by atoms with van der Waals surface area (Å²) in [5.74, 6) is -0.108. The van der Waals surface area contributed by atoms with Crippen molar-refractivity contribution in [2.75, 3.05) is 19.5 Å². The Hall–Kier alpha value is -3.35. The van der Waals surface area contributed by atoms with E-state index < -0.39 is 11.9 Å². The topological polar surface area (TPSA) is 93.7 Å². The highest BCUT2D eigenvalue weighted by Gasteiger charge is 2.25. The molecule has 0 aliphatic carbocycles. The summed E-state index contributed by atoms with van der Waals surface area (Å²) in [6.07, 6.45) is 0. The van der Waals surface area contributed by atoms with E-state index in [-0.39, 0.29) is 17.6 Å². The summed E-state index contributed by atoms with van der Waals surface area (Å²) in [5.41, 5.74) is 1.31. The van der Waals surface area contributed by atoms with E-state index in [1.54, 1.807) is 42.5 Å². The van der Waals surface area contributed by atoms with Crippen molar-refractivity contribution >= 4 is 23.3 Å². The zero-order chi connectivity index (χ0) is 21.6. The van der Waals surface area contributed by atoms with Crippen molar-refractivity contribution in [3.8, 4) is 11.5 Å². The van der Waals surface area contributed by atoms with Gasteiger partial charge in [0, 0.05) is 22.9 Å². The van der Waals surface area contributed by atoms with Gasteiger partial charge in [-0.2, -0.15) is 0 Å². The summed E-state index contributed by atoms with van der Waals surface area (Å²) in [6.45, 7) is 5.13. The van der Waals surface area contributed by atoms with Crippen molar-refractivity contribution in [2.45, 2.75) is 26.8 Å². The Morgan fingerprint density at radius 2 is 1.52 bits per heavy atom. The highest BCUT2D eigenvalue weighted by Crippen LogP contribution is 2.23. The number of nitrogens with one attached hydrogen (secondary N) is 2. The molecule has 2 amide bonds. The number of hydrogen-bond acceptors (Lipinski definition) is 5. The lowest BCUT2D eigenvalue weighted by molar-refractivity contribution is -0.118. The van der Waals surface area contributed by atoms with Crippen molar-refractivity contribution < 1.29 is 23.9 Å². The van der Waals surface area contributed by atoms with E-state index in [4.69, 9.17) is 9.47 Å². The maximum Gasteiger partial charge on any atom is 0.252 e. The Kier molecular flexibility index (Phi) is 7.36. The first-order chi connectivity index (χ1) is 13.7. The largest absolute Gasteiger partial charge is 0.497 e. The normalized spacial score (nSPS) is 11.5. The fourth-order valence-electron chi connectivity index (χ4n) is 2.73. The third-order valence-electron chi connectivity index (χ3n) is 4.39. The molecule has 0 saturated carbocycles. The number of methoxy groups -OCH3 is 2. The average Bonchev–Trinajstić information content (AvgIpc) is 2.71. The number of benzene rings is 2. The second-order valence-electron chi connectivity index (χ2n) is 6.92. The second kappa shape index (κ2) is 9.73. The standard InChI is InChI=1S/C22H26N2O5/c1-13(2)20(22(27)23-17-8-6-7-15(9-17)14(3)25)24-21(26)16-10-18(28-4)12-19(11-16)29-5/h6-13,20H,1-5H3,(H,23,27)(H,24,26)/t20-/m0/s1. The van der Waals surface area contributed by atoms with Crippen LogP contribution in [-0.4, -0.2) is 37.9 Å². The van der Waals surface area contributed by atoms with Gasteiger partial charge in [0.25, 0.3) is 5.91 Å². The third kappa shape index (κ3) is 5.81. The lowest BCUT2D eigenvalue weighted by atomic mass is 10.0. The van der Waals surface area contributed by atoms with E-state index in [2.05, 4.69) is 10.6 Å². The van der Waals surface area contributed by atoms with Gasteiger partial charge >= 0.3 is 0 Å². The van der Waals surface area contributed by atoms with E-state index in [9.17, 15) is 14.4 Å². The van der Waals surface area contributed by atoms with Gasteiger partial charge < -0.3 is 20.1 Å². The molecule has 1 atom stereocenters. The number of Topliss-reactive ketones (excluding diaryl/α,β-unsaturated/α-hetero) is 1. The molecule has 0 radical (unpaired) electrons. The van der Waals surface area contributed by atoms with Crippen molar-refractivity contribution in [2.24, 2.45) is 5.92 Å². The molecule has 2 rings (SSSR count). The number of amides is 2. The zero-order valence-corrected chi connectivity index (χ0v) is 17.2. The zero-order valence-electron chi connectivity index (χ0n) is 17.2. The number of carbonyl (C=O) groups excluding carboxylic acids is 3. The SMILES string of the molecule is COc1cc(OC)cc(C(=O)N[C@H](C(=O)Nc2cccc(C(C)=O)c2)C(C)C)c1. The van der Waals surface area contributed by atoms with E-state index >= 15 is 0 Å². The fraction of sp³-hybridized carbons (Fsp3) is 0.318. The monoisotopic (exact) mass is 398 g/mol. The molecular formula is C22H26N2O5. The van der Waals surface area contributed by atoms with Crippen LogP contribution < -0.4 is 20.1 Å². The van der Waals surface area contributed by atoms with Crippen LogP contribution in [0.1, 0.15) is 41.5 Å². The molecule has 0 saturated heterocycles. The summed E-state index contributed by atoms with van der Waals surface area (Å²) in [4.78, 5) is 37.1. The van der Waals surface area contributed by atoms with Crippen molar-refractivity contribution in [3.05, 3.63) is 53.6 Å². The van der Waals surface area contributed by atoms with Crippen molar-refractivity contribution in [1.29, 1.82) is 0 Å². The van der Waals surface area contributed by atoms with Crippen LogP contribution in [0.2, 0.25) is 0 Å². The molecule has 0 spiro atoms. The molecule has 0 aromatic heterocycles. The maximum atomic E-state index is 12.8. The molecule has 0 aliphatic rings. The van der Waals surface area contributed by atoms with Crippen LogP contribution in [0.25, 0.3) is 0 Å². The van der Waals surface area contributed by atoms with E-state index in [1.807, 2.05) is 13.8 Å². The molecule has 154 valence electrons. The molecule has 7 nitrogen and oxygen atoms in total. The van der Waals surface area contributed by atoms with E-state index in [1.165, 1.54) is 21.1 Å². The van der Waals surface area contributed by atoms with Gasteiger partial charge in [0.2, 0.25) is 5.91 Å². The van der Waals surface area contributed by atoms with Crippen LogP contribution >= 0.6 is 0 Å². The van der Waals surface area contributed by atoms with Gasteiger partial charge in [0.15, 0.2) is 5.78 Å². The van der Waals surface area contributed by atoms with Gasteiger partial charge in [-0.15, -0.1) is 0 Å². The lowest BCUT2D eigenvalue weighted by Gasteiger charge is -2.22. The van der Waals surface area contributed by atoms with E-state index in [0.717, 1.165) is 0 Å². The van der Waals surface area contributed by atoms with Crippen molar-refractivity contribution in [3.63, 3.8) is 0 Å². The minimum atomic E-state index is -0.777. The Labute approximate surface area is 170 Å². The van der Waals surface area contributed by atoms with Gasteiger partial charge in [0.05, 0.1) is 14.2 Å². The smallest absolute Gasteiger partial charge is 0.252 e. The average molecular weight is 398 g/mol. The molecule has 2 aromatic rings. The predicted molar refractivity (Wildman–Crippen MR) is 111 cm³/mol. The highest BCUT2D eigenvalue weighted by molar-refractivity contribution is 6.02. The highest BCUT2D eigenvalue weighted by atomic mass is 16.5. The molecule has 0 bridgehead atoms. The second-order valence-corrected chi connectivity index (χ2v) is 6.92. The summed E-state index contributed by atoms with van der Waals surface area (Å²) in [7, 11) is 2.99. The van der Waals surface area contributed by atoms with Gasteiger partial charge in [-0.3, -0.25) is 14.4 Å². The number of rotatable bonds is 8. The maximum absolute atomic E-state index is 12.8. The fourth-order valence-corrected chi connectivity index (χ4v) is 2.73. The number of carbonyl (C=O) groups is 3. The van der Waals surface area contributed by atoms with Gasteiger partial charge in [0.1, 0.15) is 17.5 Å². The molecule has 0 heterocycles. The lowest BCUT2D eigenvalue weighted by Crippen LogP contribution is -2.47. The molecule has 0 unspecified atom stereocenters. The number of hydrogen-bond donors (Lipinski definition) is 2. The van der Waals surface area contributed by atoms with Crippen molar-refractivity contribution in [1.82, 2.24) is 5.32 Å². The summed E-state index contributed by atoms with van der Waals surface area (Å²) in [5, 5.41) is 5.53. The molecule has 2 N–H and O–H groups in total. The summed E-state index contributed by atoms with van der Waals surface area (Å²) in [6, 6.07) is 10.7. The van der Waals surface area contributed by atoms with Gasteiger partial charge in [-0.1, -0.05) is 26.0 Å². The van der Waals surface area contributed by atoms with E-state index in [0.29, 0.717) is 28.3 Å². The first kappa shape index (κ1) is 21.9. The minimum Gasteiger partial charge on any atom is -0.497 e. The Morgan fingerprint density at radius 1 is 0.897 bits per heavy atom. The van der Waals surface area contributed by atoms with Crippen LogP contribution in [0, 0.1) is 5.92 Å². The molecule has 0 fully saturated rings. The predicted octanol–water partition coefficient (Wildman–Crippen LogP) is 3.30. The van der Waals surface area contributed by atoms with Crippen LogP contribution in [0.3, 0.4) is 0 Å². The minimum absolute atomic E-state index is 0.0956. The molecule has 2 aromatic carbocycles. The first-order valence-electron chi connectivity index (χ1n) is 9.21. The van der Waals surface area contributed by atoms with Gasteiger partial charge in [-0.25, -0.2) is 0 Å². The summed E-state index contributed by atoms with van der Waals surface area (Å²) >= 11 is 0. The van der Waals surface area contributed by atoms with Crippen LogP contribution in [-0.2, 0) is 4.79 Å². The third-order valence-corrected chi connectivity index (χ3v) is 4.39. The Morgan fingerprint density at radius 3 is 2.03 bits per heavy atom. The number of anilines is 1. The number of ether oxygens (including phenoxy) is 2. The Balaban J connectivity index is 2.19. The summed E-state index contributed by atoms with van der Waals surface area (Å²) < 4.78 is 10.4. The molecule has 7 heteroatoms. The number of ketones is 1. The first-order valence-corrected chi connectivity index (χ1v) is 9.21. The van der Waals surface area contributed by atoms with Crippen LogP contribution in [0.5, 0.6) is 11.5 Å². The molecular weight excluding hydrogens is 372 g/mol. The van der Waals surface area contributed by atoms with Gasteiger partial charge in [-0.05, 0) is 37.1 Å². The van der Waals surface area contributed by atoms with Crippen LogP contribution in [0.4, 0.5) is 5.69 Å². The van der Waals surface area contributed by atoms with Crippen LogP contribution in [0.15, 0.2) is 42.5 Å².